The minimum Gasteiger partial charge on any atom is -0.375 e. The van der Waals surface area contributed by atoms with Crippen LogP contribution in [0.4, 0.5) is 0 Å². The highest BCUT2D eigenvalue weighted by Gasteiger charge is 2.34. The predicted octanol–water partition coefficient (Wildman–Crippen LogP) is 3.42. The minimum absolute atomic E-state index is 0.0851. The van der Waals surface area contributed by atoms with Crippen molar-refractivity contribution in [1.82, 2.24) is 4.72 Å². The molecular weight excluding hydrogens is 310 g/mol. The standard InChI is InChI=1S/C18H27NO3S/c1-14-6-9-17(10-7-14)23(20,21)19-13-15(2)5-8-16-11-12-22-18(16,3)4/h5-7,9-10,16,19H,8,11-13H2,1-4H3/b15-5+. The molecule has 0 amide bonds. The van der Waals surface area contributed by atoms with Gasteiger partial charge in [-0.1, -0.05) is 29.3 Å². The summed E-state index contributed by atoms with van der Waals surface area (Å²) in [6.07, 6.45) is 4.11. The Labute approximate surface area is 140 Å². The minimum atomic E-state index is -3.45. The van der Waals surface area contributed by atoms with Crippen molar-refractivity contribution in [3.05, 3.63) is 41.5 Å². The third-order valence-corrected chi connectivity index (χ3v) is 5.96. The molecule has 1 aromatic rings. The molecule has 128 valence electrons. The lowest BCUT2D eigenvalue weighted by Gasteiger charge is -2.24. The van der Waals surface area contributed by atoms with Crippen molar-refractivity contribution in [1.29, 1.82) is 0 Å². The second-order valence-corrected chi connectivity index (χ2v) is 8.63. The molecule has 0 aliphatic carbocycles. The van der Waals surface area contributed by atoms with Crippen LogP contribution in [0.15, 0.2) is 40.8 Å². The summed E-state index contributed by atoms with van der Waals surface area (Å²) in [6, 6.07) is 6.88. The van der Waals surface area contributed by atoms with Gasteiger partial charge in [-0.3, -0.25) is 0 Å². The van der Waals surface area contributed by atoms with Crippen LogP contribution in [0.25, 0.3) is 0 Å². The van der Waals surface area contributed by atoms with Crippen LogP contribution in [0.2, 0.25) is 0 Å². The zero-order chi connectivity index (χ0) is 17.1. The molecule has 1 atom stereocenters. The molecule has 1 aliphatic heterocycles. The number of benzene rings is 1. The van der Waals surface area contributed by atoms with Crippen molar-refractivity contribution < 1.29 is 13.2 Å². The Morgan fingerprint density at radius 3 is 2.57 bits per heavy atom. The number of sulfonamides is 1. The van der Waals surface area contributed by atoms with E-state index in [1.165, 1.54) is 0 Å². The van der Waals surface area contributed by atoms with Crippen LogP contribution in [0.3, 0.4) is 0 Å². The van der Waals surface area contributed by atoms with Crippen LogP contribution < -0.4 is 4.72 Å². The highest BCUT2D eigenvalue weighted by molar-refractivity contribution is 7.89. The fourth-order valence-corrected chi connectivity index (χ4v) is 3.84. The van der Waals surface area contributed by atoms with Crippen molar-refractivity contribution in [3.8, 4) is 0 Å². The Bertz CT molecular complexity index is 660. The monoisotopic (exact) mass is 337 g/mol. The summed E-state index contributed by atoms with van der Waals surface area (Å²) in [6.45, 7) is 9.28. The number of hydrogen-bond acceptors (Lipinski definition) is 3. The Hall–Kier alpha value is -1.17. The number of allylic oxidation sites excluding steroid dienone is 1. The van der Waals surface area contributed by atoms with E-state index < -0.39 is 10.0 Å². The lowest BCUT2D eigenvalue weighted by atomic mass is 9.87. The van der Waals surface area contributed by atoms with E-state index >= 15 is 0 Å². The summed E-state index contributed by atoms with van der Waals surface area (Å²) in [5, 5.41) is 0. The zero-order valence-electron chi connectivity index (χ0n) is 14.4. The first-order valence-electron chi connectivity index (χ1n) is 8.06. The lowest BCUT2D eigenvalue weighted by Crippen LogP contribution is -2.27. The molecule has 4 nitrogen and oxygen atoms in total. The number of rotatable bonds is 6. The number of aryl methyl sites for hydroxylation is 1. The van der Waals surface area contributed by atoms with Crippen LogP contribution in [-0.4, -0.2) is 27.2 Å². The summed E-state index contributed by atoms with van der Waals surface area (Å²) in [4.78, 5) is 0.307. The van der Waals surface area contributed by atoms with E-state index in [9.17, 15) is 8.42 Å². The van der Waals surface area contributed by atoms with E-state index in [-0.39, 0.29) is 5.60 Å². The van der Waals surface area contributed by atoms with Crippen molar-refractivity contribution in [2.45, 2.75) is 51.0 Å². The van der Waals surface area contributed by atoms with Gasteiger partial charge in [-0.25, -0.2) is 13.1 Å². The first-order valence-corrected chi connectivity index (χ1v) is 9.55. The molecule has 1 N–H and O–H groups in total. The average Bonchev–Trinajstić information content (AvgIpc) is 2.82. The van der Waals surface area contributed by atoms with Crippen molar-refractivity contribution >= 4 is 10.0 Å². The van der Waals surface area contributed by atoms with E-state index in [0.29, 0.717) is 17.4 Å². The fraction of sp³-hybridized carbons (Fsp3) is 0.556. The first-order chi connectivity index (χ1) is 10.7. The molecule has 0 aromatic heterocycles. The van der Waals surface area contributed by atoms with Gasteiger partial charge in [0, 0.05) is 13.2 Å². The topological polar surface area (TPSA) is 55.4 Å². The summed E-state index contributed by atoms with van der Waals surface area (Å²) in [5.41, 5.74) is 1.99. The predicted molar refractivity (Wildman–Crippen MR) is 92.9 cm³/mol. The highest BCUT2D eigenvalue weighted by Crippen LogP contribution is 2.34. The Kier molecular flexibility index (Phi) is 5.65. The normalized spacial score (nSPS) is 21.6. The Morgan fingerprint density at radius 1 is 1.35 bits per heavy atom. The number of hydrogen-bond donors (Lipinski definition) is 1. The molecule has 1 aromatic carbocycles. The molecule has 0 spiro atoms. The maximum absolute atomic E-state index is 12.3. The number of nitrogens with one attached hydrogen (secondary N) is 1. The zero-order valence-corrected chi connectivity index (χ0v) is 15.2. The molecule has 23 heavy (non-hydrogen) atoms. The summed E-state index contributed by atoms with van der Waals surface area (Å²) in [5.74, 6) is 0.492. The van der Waals surface area contributed by atoms with Crippen LogP contribution in [0.5, 0.6) is 0 Å². The largest absolute Gasteiger partial charge is 0.375 e. The molecule has 0 radical (unpaired) electrons. The van der Waals surface area contributed by atoms with Gasteiger partial charge in [0.05, 0.1) is 10.5 Å². The maximum Gasteiger partial charge on any atom is 0.240 e. The molecule has 1 heterocycles. The van der Waals surface area contributed by atoms with Gasteiger partial charge < -0.3 is 4.74 Å². The van der Waals surface area contributed by atoms with Crippen LogP contribution in [0.1, 0.15) is 39.2 Å². The van der Waals surface area contributed by atoms with E-state index in [4.69, 9.17) is 4.74 Å². The third kappa shape index (κ3) is 4.90. The molecule has 1 saturated heterocycles. The maximum atomic E-state index is 12.3. The van der Waals surface area contributed by atoms with Crippen molar-refractivity contribution in [2.75, 3.05) is 13.2 Å². The van der Waals surface area contributed by atoms with Gasteiger partial charge in [-0.05, 0) is 58.6 Å². The van der Waals surface area contributed by atoms with Gasteiger partial charge in [0.15, 0.2) is 0 Å². The quantitative estimate of drug-likeness (QED) is 0.809. The van der Waals surface area contributed by atoms with Gasteiger partial charge in [0.25, 0.3) is 0 Å². The van der Waals surface area contributed by atoms with Crippen molar-refractivity contribution in [3.63, 3.8) is 0 Å². The molecule has 1 aliphatic rings. The van der Waals surface area contributed by atoms with Crippen LogP contribution in [-0.2, 0) is 14.8 Å². The van der Waals surface area contributed by atoms with Gasteiger partial charge in [-0.15, -0.1) is 0 Å². The Balaban J connectivity index is 1.91. The average molecular weight is 337 g/mol. The molecule has 0 bridgehead atoms. The van der Waals surface area contributed by atoms with E-state index in [2.05, 4.69) is 24.6 Å². The Morgan fingerprint density at radius 2 is 2.00 bits per heavy atom. The van der Waals surface area contributed by atoms with E-state index in [1.54, 1.807) is 24.3 Å². The summed E-state index contributed by atoms with van der Waals surface area (Å²) < 4.78 is 32.9. The van der Waals surface area contributed by atoms with Gasteiger partial charge in [-0.2, -0.15) is 0 Å². The first kappa shape index (κ1) is 18.2. The van der Waals surface area contributed by atoms with Crippen LogP contribution in [0, 0.1) is 12.8 Å². The molecule has 1 fully saturated rings. The lowest BCUT2D eigenvalue weighted by molar-refractivity contribution is 0.0118. The molecule has 1 unspecified atom stereocenters. The van der Waals surface area contributed by atoms with E-state index in [1.807, 2.05) is 13.8 Å². The number of ether oxygens (including phenoxy) is 1. The highest BCUT2D eigenvalue weighted by atomic mass is 32.2. The third-order valence-electron chi connectivity index (χ3n) is 4.55. The van der Waals surface area contributed by atoms with Crippen LogP contribution >= 0.6 is 0 Å². The fourth-order valence-electron chi connectivity index (χ4n) is 2.76. The van der Waals surface area contributed by atoms with Gasteiger partial charge in [0.2, 0.25) is 10.0 Å². The van der Waals surface area contributed by atoms with Crippen molar-refractivity contribution in [2.24, 2.45) is 5.92 Å². The van der Waals surface area contributed by atoms with Gasteiger partial charge >= 0.3 is 0 Å². The van der Waals surface area contributed by atoms with Gasteiger partial charge in [0.1, 0.15) is 0 Å². The SMILES string of the molecule is C/C(=C\CC1CCOC1(C)C)CNS(=O)(=O)c1ccc(C)cc1. The molecule has 2 rings (SSSR count). The molecular formula is C18H27NO3S. The second-order valence-electron chi connectivity index (χ2n) is 6.86. The molecule has 5 heteroatoms. The molecule has 0 saturated carbocycles. The summed E-state index contributed by atoms with van der Waals surface area (Å²) in [7, 11) is -3.45. The second kappa shape index (κ2) is 7.16. The van der Waals surface area contributed by atoms with E-state index in [0.717, 1.165) is 30.6 Å². The summed E-state index contributed by atoms with van der Waals surface area (Å²) >= 11 is 0. The smallest absolute Gasteiger partial charge is 0.240 e.